The summed E-state index contributed by atoms with van der Waals surface area (Å²) in [6, 6.07) is 13.2. The number of hydrogen-bond donors (Lipinski definition) is 0. The monoisotopic (exact) mass is 405 g/mol. The fourth-order valence-corrected chi connectivity index (χ4v) is 3.79. The van der Waals surface area contributed by atoms with Crippen LogP contribution in [0.5, 0.6) is 0 Å². The third kappa shape index (κ3) is 3.06. The molecule has 0 aliphatic carbocycles. The Bertz CT molecular complexity index is 960. The molecule has 4 rings (SSSR count). The van der Waals surface area contributed by atoms with Crippen LogP contribution in [0.1, 0.15) is 48.4 Å². The first kappa shape index (κ1) is 19.5. The van der Waals surface area contributed by atoms with Gasteiger partial charge in [-0.25, -0.2) is 0 Å². The number of carbonyl (C=O) groups is 4. The first-order valence-electron chi connectivity index (χ1n) is 9.42. The third-order valence-electron chi connectivity index (χ3n) is 5.39. The van der Waals surface area contributed by atoms with Crippen LogP contribution in [-0.4, -0.2) is 59.3 Å². The molecule has 0 unspecified atom stereocenters. The lowest BCUT2D eigenvalue weighted by atomic mass is 10.0. The van der Waals surface area contributed by atoms with Gasteiger partial charge in [-0.05, 0) is 31.2 Å². The maximum absolute atomic E-state index is 12.8. The number of amides is 4. The summed E-state index contributed by atoms with van der Waals surface area (Å²) in [7, 11) is 1.38. The Hall–Kier alpha value is -3.81. The summed E-state index contributed by atoms with van der Waals surface area (Å²) in [5.41, 5.74) is 1.81. The highest BCUT2D eigenvalue weighted by Crippen LogP contribution is 2.27. The molecule has 0 aromatic heterocycles. The van der Waals surface area contributed by atoms with Gasteiger partial charge >= 0.3 is 0 Å². The maximum Gasteiger partial charge on any atom is 0.261 e. The zero-order chi connectivity index (χ0) is 21.4. The molecule has 0 N–H and O–H groups in total. The fraction of sp³-hybridized carbons (Fsp3) is 0.227. The SMILES string of the molecule is CON=C(C)C(CN1C(=O)c2ccccc2C1=O)CN1C(=O)c2ccccc2C1=O. The minimum absolute atomic E-state index is 0.0293. The highest BCUT2D eigenvalue weighted by Gasteiger charge is 2.40. The Morgan fingerprint density at radius 2 is 1.10 bits per heavy atom. The molecule has 152 valence electrons. The fourth-order valence-electron chi connectivity index (χ4n) is 3.79. The van der Waals surface area contributed by atoms with Crippen LogP contribution in [-0.2, 0) is 4.84 Å². The summed E-state index contributed by atoms with van der Waals surface area (Å²) >= 11 is 0. The van der Waals surface area contributed by atoms with E-state index in [0.717, 1.165) is 9.80 Å². The first-order chi connectivity index (χ1) is 14.4. The van der Waals surface area contributed by atoms with Gasteiger partial charge in [0.2, 0.25) is 0 Å². The predicted octanol–water partition coefficient (Wildman–Crippen LogP) is 2.22. The number of oxime groups is 1. The van der Waals surface area contributed by atoms with Crippen molar-refractivity contribution in [2.75, 3.05) is 20.2 Å². The largest absolute Gasteiger partial charge is 0.399 e. The van der Waals surface area contributed by atoms with E-state index in [4.69, 9.17) is 4.84 Å². The van der Waals surface area contributed by atoms with Crippen LogP contribution >= 0.6 is 0 Å². The topological polar surface area (TPSA) is 96.3 Å². The normalized spacial score (nSPS) is 15.9. The number of carbonyl (C=O) groups excluding carboxylic acids is 4. The van der Waals surface area contributed by atoms with Gasteiger partial charge in [0.1, 0.15) is 7.11 Å². The van der Waals surface area contributed by atoms with Crippen molar-refractivity contribution in [3.8, 4) is 0 Å². The summed E-state index contributed by atoms with van der Waals surface area (Å²) < 4.78 is 0. The summed E-state index contributed by atoms with van der Waals surface area (Å²) in [6.07, 6.45) is 0. The summed E-state index contributed by atoms with van der Waals surface area (Å²) in [5, 5.41) is 3.93. The van der Waals surface area contributed by atoms with Crippen LogP contribution in [0.25, 0.3) is 0 Å². The molecular weight excluding hydrogens is 386 g/mol. The van der Waals surface area contributed by atoms with Gasteiger partial charge < -0.3 is 4.84 Å². The lowest BCUT2D eigenvalue weighted by molar-refractivity contribution is 0.0603. The van der Waals surface area contributed by atoms with E-state index in [0.29, 0.717) is 28.0 Å². The summed E-state index contributed by atoms with van der Waals surface area (Å²) in [6.45, 7) is 1.61. The van der Waals surface area contributed by atoms with Crippen molar-refractivity contribution in [3.05, 3.63) is 70.8 Å². The molecule has 8 nitrogen and oxygen atoms in total. The Kier molecular flexibility index (Phi) is 4.91. The van der Waals surface area contributed by atoms with Crippen molar-refractivity contribution in [1.29, 1.82) is 0 Å². The van der Waals surface area contributed by atoms with E-state index in [1.807, 2.05) is 0 Å². The molecule has 2 aromatic rings. The van der Waals surface area contributed by atoms with Crippen LogP contribution in [0.3, 0.4) is 0 Å². The zero-order valence-electron chi connectivity index (χ0n) is 16.5. The van der Waals surface area contributed by atoms with Gasteiger partial charge in [-0.1, -0.05) is 29.4 Å². The third-order valence-corrected chi connectivity index (χ3v) is 5.39. The second-order valence-corrected chi connectivity index (χ2v) is 7.15. The molecule has 0 saturated carbocycles. The minimum Gasteiger partial charge on any atom is -0.399 e. The molecule has 2 aliphatic heterocycles. The molecule has 0 bridgehead atoms. The second-order valence-electron chi connectivity index (χ2n) is 7.15. The van der Waals surface area contributed by atoms with Crippen molar-refractivity contribution in [2.45, 2.75) is 6.92 Å². The molecule has 4 amide bonds. The van der Waals surface area contributed by atoms with Crippen LogP contribution in [0.4, 0.5) is 0 Å². The Morgan fingerprint density at radius 3 is 1.40 bits per heavy atom. The molecule has 2 heterocycles. The maximum atomic E-state index is 12.8. The predicted molar refractivity (Wildman–Crippen MR) is 107 cm³/mol. The van der Waals surface area contributed by atoms with Crippen LogP contribution in [0.15, 0.2) is 53.7 Å². The van der Waals surface area contributed by atoms with E-state index in [1.165, 1.54) is 7.11 Å². The zero-order valence-corrected chi connectivity index (χ0v) is 16.5. The van der Waals surface area contributed by atoms with Crippen molar-refractivity contribution in [1.82, 2.24) is 9.80 Å². The molecule has 8 heteroatoms. The lowest BCUT2D eigenvalue weighted by Gasteiger charge is -2.25. The molecular formula is C22H19N3O5. The van der Waals surface area contributed by atoms with Gasteiger partial charge in [-0.3, -0.25) is 29.0 Å². The highest BCUT2D eigenvalue weighted by atomic mass is 16.6. The average Bonchev–Trinajstić information content (AvgIpc) is 3.14. The van der Waals surface area contributed by atoms with Crippen molar-refractivity contribution >= 4 is 29.3 Å². The van der Waals surface area contributed by atoms with E-state index in [2.05, 4.69) is 5.16 Å². The standard InChI is InChI=1S/C22H19N3O5/c1-13(23-30-2)14(11-24-19(26)15-7-3-4-8-16(15)20(24)27)12-25-21(28)17-9-5-6-10-18(17)22(25)29/h3-10,14H,11-12H2,1-2H3. The smallest absolute Gasteiger partial charge is 0.261 e. The van der Waals surface area contributed by atoms with E-state index < -0.39 is 29.5 Å². The summed E-state index contributed by atoms with van der Waals surface area (Å²) in [5.74, 6) is -2.21. The average molecular weight is 405 g/mol. The van der Waals surface area contributed by atoms with Gasteiger partial charge in [-0.15, -0.1) is 0 Å². The Balaban J connectivity index is 1.61. The first-order valence-corrected chi connectivity index (χ1v) is 9.42. The Morgan fingerprint density at radius 1 is 0.767 bits per heavy atom. The lowest BCUT2D eigenvalue weighted by Crippen LogP contribution is -2.44. The number of nitrogens with zero attached hydrogens (tertiary/aromatic N) is 3. The molecule has 2 aromatic carbocycles. The number of fused-ring (bicyclic) bond motifs is 2. The number of hydrogen-bond acceptors (Lipinski definition) is 6. The molecule has 2 aliphatic rings. The van der Waals surface area contributed by atoms with Gasteiger partial charge in [0, 0.05) is 19.0 Å². The molecule has 0 fully saturated rings. The van der Waals surface area contributed by atoms with Crippen LogP contribution < -0.4 is 0 Å². The second kappa shape index (κ2) is 7.55. The highest BCUT2D eigenvalue weighted by molar-refractivity contribution is 6.22. The van der Waals surface area contributed by atoms with Gasteiger partial charge in [-0.2, -0.15) is 0 Å². The van der Waals surface area contributed by atoms with E-state index in [-0.39, 0.29) is 13.1 Å². The molecule has 30 heavy (non-hydrogen) atoms. The van der Waals surface area contributed by atoms with Gasteiger partial charge in [0.25, 0.3) is 23.6 Å². The number of benzene rings is 2. The van der Waals surface area contributed by atoms with Crippen LogP contribution in [0, 0.1) is 5.92 Å². The van der Waals surface area contributed by atoms with Gasteiger partial charge in [0.15, 0.2) is 0 Å². The van der Waals surface area contributed by atoms with E-state index in [1.54, 1.807) is 55.5 Å². The number of rotatable bonds is 6. The minimum atomic E-state index is -0.575. The van der Waals surface area contributed by atoms with E-state index >= 15 is 0 Å². The van der Waals surface area contributed by atoms with Crippen molar-refractivity contribution < 1.29 is 24.0 Å². The van der Waals surface area contributed by atoms with E-state index in [9.17, 15) is 19.2 Å². The molecule has 0 radical (unpaired) electrons. The molecule has 0 atom stereocenters. The van der Waals surface area contributed by atoms with Crippen molar-refractivity contribution in [3.63, 3.8) is 0 Å². The molecule has 0 spiro atoms. The summed E-state index contributed by atoms with van der Waals surface area (Å²) in [4.78, 5) is 58.1. The number of imide groups is 2. The molecule has 0 saturated heterocycles. The quantitative estimate of drug-likeness (QED) is 0.417. The van der Waals surface area contributed by atoms with Crippen molar-refractivity contribution in [2.24, 2.45) is 11.1 Å². The Labute approximate surface area is 172 Å². The van der Waals surface area contributed by atoms with Gasteiger partial charge in [0.05, 0.1) is 28.0 Å². The van der Waals surface area contributed by atoms with Crippen LogP contribution in [0.2, 0.25) is 0 Å².